The number of benzene rings is 4. The van der Waals surface area contributed by atoms with Crippen molar-refractivity contribution >= 4 is 38.5 Å². The van der Waals surface area contributed by atoms with Gasteiger partial charge >= 0.3 is 6.03 Å². The summed E-state index contributed by atoms with van der Waals surface area (Å²) in [5.74, 6) is 1.55. The third-order valence-electron chi connectivity index (χ3n) is 8.30. The van der Waals surface area contributed by atoms with E-state index in [-0.39, 0.29) is 10.3 Å². The number of anilines is 2. The molecule has 0 saturated carbocycles. The van der Waals surface area contributed by atoms with Gasteiger partial charge in [-0.05, 0) is 59.5 Å². The summed E-state index contributed by atoms with van der Waals surface area (Å²) in [5.41, 5.74) is 6.11. The monoisotopic (exact) mass is 652 g/mol. The lowest BCUT2D eigenvalue weighted by Gasteiger charge is -2.36. The molecule has 1 aliphatic rings. The number of fused-ring (bicyclic) bond motifs is 1. The summed E-state index contributed by atoms with van der Waals surface area (Å²) in [6.45, 7) is 11.6. The van der Waals surface area contributed by atoms with E-state index >= 15 is 0 Å². The smallest absolute Gasteiger partial charge is 0.333 e. The van der Waals surface area contributed by atoms with E-state index < -0.39 is 16.1 Å². The van der Waals surface area contributed by atoms with Crippen LogP contribution in [0.4, 0.5) is 16.2 Å². The molecule has 4 aromatic carbocycles. The van der Waals surface area contributed by atoms with Crippen molar-refractivity contribution in [2.75, 3.05) is 49.5 Å². The van der Waals surface area contributed by atoms with Crippen LogP contribution in [0, 0.1) is 0 Å². The Kier molecular flexibility index (Phi) is 9.19. The molecule has 0 spiro atoms. The number of rotatable bonds is 9. The van der Waals surface area contributed by atoms with Crippen LogP contribution in [0.25, 0.3) is 22.4 Å². The van der Waals surface area contributed by atoms with Crippen molar-refractivity contribution < 1.29 is 17.9 Å². The molecule has 10 nitrogen and oxygen atoms in total. The normalized spacial score (nSPS) is 14.2. The summed E-state index contributed by atoms with van der Waals surface area (Å²) in [7, 11) is -3.95. The number of aromatic nitrogens is 2. The Balaban J connectivity index is 0.974. The number of hydrogen-bond donors (Lipinski definition) is 3. The highest BCUT2D eigenvalue weighted by atomic mass is 32.2. The average Bonchev–Trinajstić information content (AvgIpc) is 3.51. The molecule has 2 amide bonds. The zero-order valence-electron chi connectivity index (χ0n) is 26.9. The van der Waals surface area contributed by atoms with Crippen molar-refractivity contribution in [3.8, 4) is 17.1 Å². The second-order valence-corrected chi connectivity index (χ2v) is 14.3. The maximum atomic E-state index is 12.4. The lowest BCUT2D eigenvalue weighted by molar-refractivity contribution is 0.200. The summed E-state index contributed by atoms with van der Waals surface area (Å²) in [6.07, 6.45) is 0. The topological polar surface area (TPSA) is 120 Å². The molecule has 2 heterocycles. The molecule has 1 fully saturated rings. The Morgan fingerprint density at radius 1 is 0.872 bits per heavy atom. The first-order chi connectivity index (χ1) is 22.5. The molecule has 3 N–H and O–H groups in total. The van der Waals surface area contributed by atoms with E-state index in [0.717, 1.165) is 60.8 Å². The van der Waals surface area contributed by atoms with Crippen molar-refractivity contribution in [3.63, 3.8) is 0 Å². The molecule has 11 heteroatoms. The number of ether oxygens (including phenoxy) is 1. The quantitative estimate of drug-likeness (QED) is 0.173. The van der Waals surface area contributed by atoms with E-state index in [1.807, 2.05) is 4.72 Å². The van der Waals surface area contributed by atoms with Crippen LogP contribution in [0.15, 0.2) is 102 Å². The number of carbonyl (C=O) groups excluding carboxylic acids is 1. The predicted molar refractivity (Wildman–Crippen MR) is 187 cm³/mol. The van der Waals surface area contributed by atoms with Gasteiger partial charge in [0.25, 0.3) is 10.0 Å². The molecule has 244 valence electrons. The van der Waals surface area contributed by atoms with Gasteiger partial charge in [-0.25, -0.2) is 22.9 Å². The second-order valence-electron chi connectivity index (χ2n) is 12.7. The highest BCUT2D eigenvalue weighted by Crippen LogP contribution is 2.30. The molecule has 1 saturated heterocycles. The van der Waals surface area contributed by atoms with Gasteiger partial charge in [0, 0.05) is 44.0 Å². The molecule has 1 aromatic heterocycles. The van der Waals surface area contributed by atoms with E-state index in [2.05, 4.69) is 83.3 Å². The zero-order chi connectivity index (χ0) is 33.0. The second kappa shape index (κ2) is 13.5. The number of aromatic amines is 1. The van der Waals surface area contributed by atoms with Crippen LogP contribution in [0.3, 0.4) is 0 Å². The minimum Gasteiger partial charge on any atom is -0.492 e. The van der Waals surface area contributed by atoms with Gasteiger partial charge in [-0.1, -0.05) is 69.3 Å². The Bertz CT molecular complexity index is 1930. The number of sulfonamides is 1. The molecule has 6 rings (SSSR count). The Morgan fingerprint density at radius 3 is 2.26 bits per heavy atom. The minimum atomic E-state index is -3.95. The van der Waals surface area contributed by atoms with E-state index in [1.54, 1.807) is 42.5 Å². The van der Waals surface area contributed by atoms with Crippen molar-refractivity contribution in [2.45, 2.75) is 31.1 Å². The highest BCUT2D eigenvalue weighted by molar-refractivity contribution is 7.90. The van der Waals surface area contributed by atoms with Crippen LogP contribution in [-0.2, 0) is 15.4 Å². The van der Waals surface area contributed by atoms with Crippen molar-refractivity contribution in [2.24, 2.45) is 0 Å². The molecule has 0 bridgehead atoms. The number of carbonyl (C=O) groups is 1. The van der Waals surface area contributed by atoms with Crippen LogP contribution in [-0.4, -0.2) is 68.6 Å². The SMILES string of the molecule is CC(C)(C)c1ccc(-c2nc3c(N4CCN(CCOc5ccc(NC(=O)NS(=O)(=O)c6ccccc6)cc5)CC4)cccc3[nH]2)cc1. The molecule has 5 aromatic rings. The number of urea groups is 1. The fourth-order valence-corrected chi connectivity index (χ4v) is 6.54. The molecule has 0 unspecified atom stereocenters. The molecular weight excluding hydrogens is 613 g/mol. The lowest BCUT2D eigenvalue weighted by atomic mass is 9.87. The summed E-state index contributed by atoms with van der Waals surface area (Å²) in [5, 5.41) is 2.54. The largest absolute Gasteiger partial charge is 0.492 e. The van der Waals surface area contributed by atoms with Crippen molar-refractivity contribution in [3.05, 3.63) is 103 Å². The van der Waals surface area contributed by atoms with E-state index in [0.29, 0.717) is 18.0 Å². The molecule has 47 heavy (non-hydrogen) atoms. The van der Waals surface area contributed by atoms with Gasteiger partial charge in [-0.15, -0.1) is 0 Å². The molecule has 0 aliphatic carbocycles. The molecule has 0 radical (unpaired) electrons. The number of nitrogens with zero attached hydrogens (tertiary/aromatic N) is 3. The Hall–Kier alpha value is -4.87. The van der Waals surface area contributed by atoms with Crippen LogP contribution in [0.5, 0.6) is 5.75 Å². The number of imidazole rings is 1. The maximum absolute atomic E-state index is 12.4. The highest BCUT2D eigenvalue weighted by Gasteiger charge is 2.21. The first kappa shape index (κ1) is 32.1. The Morgan fingerprint density at radius 2 is 1.57 bits per heavy atom. The third kappa shape index (κ3) is 7.75. The number of amides is 2. The summed E-state index contributed by atoms with van der Waals surface area (Å²) in [4.78, 5) is 25.6. The number of nitrogens with one attached hydrogen (secondary N) is 3. The van der Waals surface area contributed by atoms with Gasteiger partial charge in [0.1, 0.15) is 23.7 Å². The number of piperazine rings is 1. The van der Waals surface area contributed by atoms with Gasteiger partial charge in [-0.3, -0.25) is 4.90 Å². The summed E-state index contributed by atoms with van der Waals surface area (Å²) >= 11 is 0. The number of H-pyrrole nitrogens is 1. The van der Waals surface area contributed by atoms with E-state index in [1.165, 1.54) is 17.7 Å². The average molecular weight is 653 g/mol. The van der Waals surface area contributed by atoms with Gasteiger partial charge in [0.15, 0.2) is 0 Å². The van der Waals surface area contributed by atoms with Gasteiger partial charge in [0.05, 0.1) is 16.1 Å². The minimum absolute atomic E-state index is 0.0162. The first-order valence-electron chi connectivity index (χ1n) is 15.7. The molecule has 1 aliphatic heterocycles. The summed E-state index contributed by atoms with van der Waals surface area (Å²) < 4.78 is 32.7. The number of para-hydroxylation sites is 1. The van der Waals surface area contributed by atoms with Crippen LogP contribution < -0.4 is 19.7 Å². The fourth-order valence-electron chi connectivity index (χ4n) is 5.61. The Labute approximate surface area is 275 Å². The standard InChI is InChI=1S/C36H40N6O4S/c1-36(2,3)27-14-12-26(13-15-27)34-38-31-10-7-11-32(33(31)39-34)42-22-20-41(21-23-42)24-25-46-29-18-16-28(17-19-29)37-35(43)40-47(44,45)30-8-5-4-6-9-30/h4-19H,20-25H2,1-3H3,(H,38,39)(H2,37,40,43). The maximum Gasteiger partial charge on any atom is 0.333 e. The van der Waals surface area contributed by atoms with Gasteiger partial charge in [0.2, 0.25) is 0 Å². The fraction of sp³-hybridized carbons (Fsp3) is 0.278. The summed E-state index contributed by atoms with van der Waals surface area (Å²) in [6, 6.07) is 28.7. The molecular formula is C36H40N6O4S. The van der Waals surface area contributed by atoms with Gasteiger partial charge < -0.3 is 19.9 Å². The van der Waals surface area contributed by atoms with Crippen molar-refractivity contribution in [1.82, 2.24) is 19.6 Å². The van der Waals surface area contributed by atoms with Gasteiger partial charge in [-0.2, -0.15) is 0 Å². The predicted octanol–water partition coefficient (Wildman–Crippen LogP) is 6.24. The van der Waals surface area contributed by atoms with Crippen molar-refractivity contribution in [1.29, 1.82) is 0 Å². The van der Waals surface area contributed by atoms with Crippen LogP contribution in [0.1, 0.15) is 26.3 Å². The lowest BCUT2D eigenvalue weighted by Crippen LogP contribution is -2.47. The third-order valence-corrected chi connectivity index (χ3v) is 9.64. The number of hydrogen-bond acceptors (Lipinski definition) is 7. The molecule has 0 atom stereocenters. The van der Waals surface area contributed by atoms with E-state index in [9.17, 15) is 13.2 Å². The first-order valence-corrected chi connectivity index (χ1v) is 17.2. The van der Waals surface area contributed by atoms with Crippen LogP contribution in [0.2, 0.25) is 0 Å². The van der Waals surface area contributed by atoms with E-state index in [4.69, 9.17) is 9.72 Å². The zero-order valence-corrected chi connectivity index (χ0v) is 27.7. The van der Waals surface area contributed by atoms with Crippen LogP contribution >= 0.6 is 0 Å².